The molecule has 4 heterocycles. The number of nitrogens with zero attached hydrogens (tertiary/aromatic N) is 5. The molecule has 0 saturated carbocycles. The Morgan fingerprint density at radius 1 is 1.00 bits per heavy atom. The van der Waals surface area contributed by atoms with Crippen LogP contribution in [0.15, 0.2) is 67.4 Å². The maximum absolute atomic E-state index is 6.39. The molecule has 5 rings (SSSR count). The Bertz CT molecular complexity index is 1330. The average molecular weight is 416 g/mol. The quantitative estimate of drug-likeness (QED) is 0.421. The minimum absolute atomic E-state index is 0.637. The summed E-state index contributed by atoms with van der Waals surface area (Å²) in [5, 5.41) is 7.34. The van der Waals surface area contributed by atoms with E-state index >= 15 is 0 Å². The highest BCUT2D eigenvalue weighted by atomic mass is 35.5. The molecule has 0 aliphatic carbocycles. The van der Waals surface area contributed by atoms with Crippen molar-refractivity contribution in [3.63, 3.8) is 0 Å². The molecule has 0 radical (unpaired) electrons. The van der Waals surface area contributed by atoms with E-state index in [9.17, 15) is 0 Å². The Morgan fingerprint density at radius 2 is 1.93 bits per heavy atom. The van der Waals surface area contributed by atoms with Gasteiger partial charge in [-0.3, -0.25) is 9.38 Å². The van der Waals surface area contributed by atoms with Crippen LogP contribution < -0.4 is 10.6 Å². The largest absolute Gasteiger partial charge is 0.366 e. The minimum atomic E-state index is 0.637. The second-order valence-corrected chi connectivity index (χ2v) is 7.33. The normalized spacial score (nSPS) is 11.1. The smallest absolute Gasteiger partial charge is 0.166 e. The van der Waals surface area contributed by atoms with Gasteiger partial charge in [0.1, 0.15) is 23.2 Å². The molecular formula is C22H18ClN7. The van der Waals surface area contributed by atoms with Gasteiger partial charge in [-0.2, -0.15) is 0 Å². The fourth-order valence-corrected chi connectivity index (χ4v) is 3.59. The topological polar surface area (TPSA) is 80.0 Å². The summed E-state index contributed by atoms with van der Waals surface area (Å²) in [4.78, 5) is 18.0. The van der Waals surface area contributed by atoms with E-state index in [1.54, 1.807) is 18.7 Å². The number of fused-ring (bicyclic) bond motifs is 3. The molecule has 0 saturated heterocycles. The Labute approximate surface area is 177 Å². The molecule has 30 heavy (non-hydrogen) atoms. The lowest BCUT2D eigenvalue weighted by molar-refractivity contribution is 1.08. The molecule has 5 aromatic rings. The maximum atomic E-state index is 6.39. The zero-order valence-corrected chi connectivity index (χ0v) is 16.9. The summed E-state index contributed by atoms with van der Waals surface area (Å²) in [6.07, 6.45) is 7.09. The summed E-state index contributed by atoms with van der Waals surface area (Å²) in [5.41, 5.74) is 5.24. The summed E-state index contributed by atoms with van der Waals surface area (Å²) in [5.74, 6) is 1.43. The van der Waals surface area contributed by atoms with Crippen molar-refractivity contribution in [1.82, 2.24) is 24.3 Å². The molecule has 0 spiro atoms. The summed E-state index contributed by atoms with van der Waals surface area (Å²) < 4.78 is 1.92. The van der Waals surface area contributed by atoms with Crippen molar-refractivity contribution in [2.24, 2.45) is 0 Å². The van der Waals surface area contributed by atoms with Gasteiger partial charge < -0.3 is 10.6 Å². The first-order valence-corrected chi connectivity index (χ1v) is 9.84. The highest BCUT2D eigenvalue weighted by molar-refractivity contribution is 6.33. The molecule has 2 N–H and O–H groups in total. The van der Waals surface area contributed by atoms with Gasteiger partial charge in [0.15, 0.2) is 11.5 Å². The second-order valence-electron chi connectivity index (χ2n) is 6.92. The van der Waals surface area contributed by atoms with Crippen LogP contribution in [0.2, 0.25) is 5.02 Å². The number of nitrogens with one attached hydrogen (secondary N) is 2. The lowest BCUT2D eigenvalue weighted by Gasteiger charge is -2.13. The number of halogens is 1. The van der Waals surface area contributed by atoms with Crippen molar-refractivity contribution in [1.29, 1.82) is 0 Å². The van der Waals surface area contributed by atoms with Crippen molar-refractivity contribution in [3.8, 4) is 0 Å². The number of aromatic nitrogens is 5. The standard InChI is InChI=1S/C22H18ClN7/c1-14-4-2-6-16(23)20(14)29-21-18-12-25-13-30(18)22-17(27-21)7-8-19(28-22)26-11-15-5-3-9-24-10-15/h2-10,12-13H,11H2,1H3,(H,26,28)(H,27,29). The van der Waals surface area contributed by atoms with Crippen LogP contribution in [0, 0.1) is 6.92 Å². The van der Waals surface area contributed by atoms with Crippen LogP contribution in [0.25, 0.3) is 16.7 Å². The van der Waals surface area contributed by atoms with Gasteiger partial charge in [0, 0.05) is 18.9 Å². The average Bonchev–Trinajstić information content (AvgIpc) is 3.26. The number of pyridine rings is 2. The molecular weight excluding hydrogens is 398 g/mol. The first-order valence-electron chi connectivity index (χ1n) is 9.47. The van der Waals surface area contributed by atoms with Crippen molar-refractivity contribution < 1.29 is 0 Å². The lowest BCUT2D eigenvalue weighted by atomic mass is 10.2. The summed E-state index contributed by atoms with van der Waals surface area (Å²) in [7, 11) is 0. The third-order valence-electron chi connectivity index (χ3n) is 4.86. The number of para-hydroxylation sites is 1. The summed E-state index contributed by atoms with van der Waals surface area (Å²) in [6, 6.07) is 13.6. The molecule has 0 aliphatic heterocycles. The zero-order chi connectivity index (χ0) is 20.5. The van der Waals surface area contributed by atoms with E-state index in [0.717, 1.165) is 39.3 Å². The predicted molar refractivity (Wildman–Crippen MR) is 119 cm³/mol. The molecule has 0 amide bonds. The monoisotopic (exact) mass is 415 g/mol. The van der Waals surface area contributed by atoms with Gasteiger partial charge in [0.2, 0.25) is 0 Å². The fourth-order valence-electron chi connectivity index (χ4n) is 3.32. The molecule has 0 unspecified atom stereocenters. The summed E-state index contributed by atoms with van der Waals surface area (Å²) in [6.45, 7) is 2.64. The van der Waals surface area contributed by atoms with Crippen LogP contribution in [0.1, 0.15) is 11.1 Å². The SMILES string of the molecule is Cc1cccc(Cl)c1Nc1nc2ccc(NCc3cccnc3)nc2n2cncc12. The van der Waals surface area contributed by atoms with Crippen LogP contribution in [-0.2, 0) is 6.54 Å². The van der Waals surface area contributed by atoms with E-state index in [0.29, 0.717) is 17.4 Å². The van der Waals surface area contributed by atoms with Crippen molar-refractivity contribution in [3.05, 3.63) is 83.5 Å². The highest BCUT2D eigenvalue weighted by Crippen LogP contribution is 2.31. The van der Waals surface area contributed by atoms with Gasteiger partial charge >= 0.3 is 0 Å². The van der Waals surface area contributed by atoms with E-state index in [1.807, 2.05) is 60.0 Å². The van der Waals surface area contributed by atoms with E-state index in [1.165, 1.54) is 0 Å². The number of rotatable bonds is 5. The third-order valence-corrected chi connectivity index (χ3v) is 5.17. The number of anilines is 3. The Kier molecular flexibility index (Phi) is 4.65. The fraction of sp³-hybridized carbons (Fsp3) is 0.0909. The van der Waals surface area contributed by atoms with Gasteiger partial charge in [-0.15, -0.1) is 0 Å². The molecule has 0 bridgehead atoms. The zero-order valence-electron chi connectivity index (χ0n) is 16.2. The van der Waals surface area contributed by atoms with Crippen LogP contribution in [0.3, 0.4) is 0 Å². The van der Waals surface area contributed by atoms with Gasteiger partial charge in [-0.05, 0) is 42.3 Å². The highest BCUT2D eigenvalue weighted by Gasteiger charge is 2.13. The van der Waals surface area contributed by atoms with E-state index in [4.69, 9.17) is 21.6 Å². The Balaban J connectivity index is 1.53. The number of imidazole rings is 1. The first kappa shape index (κ1) is 18.3. The van der Waals surface area contributed by atoms with Gasteiger partial charge in [0.05, 0.1) is 16.9 Å². The molecule has 0 atom stereocenters. The Hall–Kier alpha value is -3.71. The minimum Gasteiger partial charge on any atom is -0.366 e. The molecule has 4 aromatic heterocycles. The second kappa shape index (κ2) is 7.61. The Morgan fingerprint density at radius 3 is 2.77 bits per heavy atom. The van der Waals surface area contributed by atoms with Crippen LogP contribution in [0.5, 0.6) is 0 Å². The lowest BCUT2D eigenvalue weighted by Crippen LogP contribution is -2.05. The molecule has 0 fully saturated rings. The number of aryl methyl sites for hydroxylation is 1. The number of hydrogen-bond acceptors (Lipinski definition) is 6. The van der Waals surface area contributed by atoms with Crippen molar-refractivity contribution >= 4 is 45.6 Å². The number of benzene rings is 1. The maximum Gasteiger partial charge on any atom is 0.166 e. The predicted octanol–water partition coefficient (Wildman–Crippen LogP) is 4.99. The third kappa shape index (κ3) is 3.40. The molecule has 148 valence electrons. The van der Waals surface area contributed by atoms with Crippen LogP contribution in [0.4, 0.5) is 17.3 Å². The van der Waals surface area contributed by atoms with E-state index in [-0.39, 0.29) is 0 Å². The van der Waals surface area contributed by atoms with Gasteiger partial charge in [-0.1, -0.05) is 29.8 Å². The van der Waals surface area contributed by atoms with Crippen LogP contribution >= 0.6 is 11.6 Å². The molecule has 1 aromatic carbocycles. The van der Waals surface area contributed by atoms with Gasteiger partial charge in [-0.25, -0.2) is 15.0 Å². The van der Waals surface area contributed by atoms with Gasteiger partial charge in [0.25, 0.3) is 0 Å². The van der Waals surface area contributed by atoms with E-state index in [2.05, 4.69) is 20.6 Å². The molecule has 0 aliphatic rings. The van der Waals surface area contributed by atoms with Crippen LogP contribution in [-0.4, -0.2) is 24.3 Å². The molecule has 7 nitrogen and oxygen atoms in total. The molecule has 8 heteroatoms. The number of hydrogen-bond donors (Lipinski definition) is 2. The first-order chi connectivity index (χ1) is 14.7. The van der Waals surface area contributed by atoms with E-state index < -0.39 is 0 Å². The summed E-state index contributed by atoms with van der Waals surface area (Å²) >= 11 is 6.39. The van der Waals surface area contributed by atoms with Crippen molar-refractivity contribution in [2.75, 3.05) is 10.6 Å². The van der Waals surface area contributed by atoms with Crippen molar-refractivity contribution in [2.45, 2.75) is 13.5 Å².